The molecular weight excluding hydrogens is 326 g/mol. The minimum atomic E-state index is -0.0426. The van der Waals surface area contributed by atoms with Crippen molar-refractivity contribution < 1.29 is 4.79 Å². The minimum Gasteiger partial charge on any atom is -0.345 e. The van der Waals surface area contributed by atoms with Crippen LogP contribution in [0.4, 0.5) is 0 Å². The first-order chi connectivity index (χ1) is 11.8. The van der Waals surface area contributed by atoms with Crippen LogP contribution in [0.3, 0.4) is 0 Å². The molecule has 0 aliphatic carbocycles. The Morgan fingerprint density at radius 1 is 1.16 bits per heavy atom. The summed E-state index contributed by atoms with van der Waals surface area (Å²) in [4.78, 5) is 13.7. The summed E-state index contributed by atoms with van der Waals surface area (Å²) >= 11 is 1.62. The van der Waals surface area contributed by atoms with Crippen LogP contribution in [-0.4, -0.2) is 11.7 Å². The maximum Gasteiger partial charge on any atom is 0.252 e. The molecule has 0 aliphatic heterocycles. The molecule has 0 saturated carbocycles. The van der Waals surface area contributed by atoms with Crippen LogP contribution < -0.4 is 5.32 Å². The number of hydrogen-bond acceptors (Lipinski definition) is 2. The highest BCUT2D eigenvalue weighted by Gasteiger charge is 2.16. The molecule has 2 nitrogen and oxygen atoms in total. The van der Waals surface area contributed by atoms with Crippen LogP contribution in [-0.2, 0) is 5.41 Å². The summed E-state index contributed by atoms with van der Waals surface area (Å²) in [5, 5.41) is 3.11. The highest BCUT2D eigenvalue weighted by molar-refractivity contribution is 7.99. The smallest absolute Gasteiger partial charge is 0.252 e. The van der Waals surface area contributed by atoms with Gasteiger partial charge in [-0.2, -0.15) is 0 Å². The molecule has 1 N–H and O–H groups in total. The quantitative estimate of drug-likeness (QED) is 0.529. The topological polar surface area (TPSA) is 29.1 Å². The number of benzene rings is 2. The van der Waals surface area contributed by atoms with Crippen LogP contribution >= 0.6 is 11.8 Å². The second-order valence-electron chi connectivity index (χ2n) is 7.16. The largest absolute Gasteiger partial charge is 0.345 e. The van der Waals surface area contributed by atoms with Gasteiger partial charge in [-0.3, -0.25) is 4.79 Å². The predicted octanol–water partition coefficient (Wildman–Crippen LogP) is 5.75. The van der Waals surface area contributed by atoms with E-state index in [0.29, 0.717) is 5.56 Å². The van der Waals surface area contributed by atoms with Gasteiger partial charge in [-0.15, -0.1) is 18.3 Å². The summed E-state index contributed by atoms with van der Waals surface area (Å²) in [6.07, 6.45) is 1.85. The second-order valence-corrected chi connectivity index (χ2v) is 8.22. The Hall–Kier alpha value is -2.00. The van der Waals surface area contributed by atoms with Crippen molar-refractivity contribution in [3.8, 4) is 0 Å². The zero-order valence-corrected chi connectivity index (χ0v) is 16.3. The van der Waals surface area contributed by atoms with Crippen molar-refractivity contribution in [2.45, 2.75) is 44.0 Å². The van der Waals surface area contributed by atoms with Crippen LogP contribution in [0.15, 0.2) is 66.1 Å². The summed E-state index contributed by atoms with van der Waals surface area (Å²) in [6, 6.07) is 16.2. The number of carbonyl (C=O) groups excluding carboxylic acids is 1. The zero-order valence-electron chi connectivity index (χ0n) is 15.5. The number of amides is 1. The lowest BCUT2D eigenvalue weighted by atomic mass is 9.86. The normalized spacial score (nSPS) is 12.5. The molecule has 0 bridgehead atoms. The molecule has 1 amide bonds. The maximum atomic E-state index is 12.7. The lowest BCUT2D eigenvalue weighted by molar-refractivity contribution is 0.0937. The molecule has 0 spiro atoms. The Morgan fingerprint density at radius 3 is 2.40 bits per heavy atom. The van der Waals surface area contributed by atoms with Crippen molar-refractivity contribution in [3.05, 3.63) is 77.9 Å². The van der Waals surface area contributed by atoms with Crippen LogP contribution in [0.1, 0.15) is 55.2 Å². The lowest BCUT2D eigenvalue weighted by Gasteiger charge is -2.21. The van der Waals surface area contributed by atoms with Gasteiger partial charge in [0.25, 0.3) is 5.91 Å². The highest BCUT2D eigenvalue weighted by Crippen LogP contribution is 2.25. The van der Waals surface area contributed by atoms with E-state index < -0.39 is 0 Å². The second kappa shape index (κ2) is 8.39. The van der Waals surface area contributed by atoms with Crippen molar-refractivity contribution in [1.29, 1.82) is 0 Å². The lowest BCUT2D eigenvalue weighted by Crippen LogP contribution is -2.27. The summed E-state index contributed by atoms with van der Waals surface area (Å²) in [6.45, 7) is 12.4. The molecule has 0 aliphatic rings. The van der Waals surface area contributed by atoms with Crippen molar-refractivity contribution in [1.82, 2.24) is 5.32 Å². The van der Waals surface area contributed by atoms with Crippen LogP contribution in [0.2, 0.25) is 0 Å². The van der Waals surface area contributed by atoms with Crippen LogP contribution in [0.25, 0.3) is 0 Å². The Bertz CT molecular complexity index is 728. The van der Waals surface area contributed by atoms with E-state index in [4.69, 9.17) is 0 Å². The maximum absolute atomic E-state index is 12.7. The SMILES string of the molecule is C=CCSc1ccccc1C(=O)NC(C)c1ccc(C(C)(C)C)cc1. The van der Waals surface area contributed by atoms with Gasteiger partial charge in [0.2, 0.25) is 0 Å². The fourth-order valence-electron chi connectivity index (χ4n) is 2.56. The highest BCUT2D eigenvalue weighted by atomic mass is 32.2. The number of thioether (sulfide) groups is 1. The van der Waals surface area contributed by atoms with E-state index in [1.807, 2.05) is 37.3 Å². The van der Waals surface area contributed by atoms with E-state index in [9.17, 15) is 4.79 Å². The first-order valence-corrected chi connectivity index (χ1v) is 9.55. The first-order valence-electron chi connectivity index (χ1n) is 8.57. The van der Waals surface area contributed by atoms with E-state index >= 15 is 0 Å². The summed E-state index contributed by atoms with van der Waals surface area (Å²) in [5.41, 5.74) is 3.25. The molecule has 132 valence electrons. The van der Waals surface area contributed by atoms with Crippen molar-refractivity contribution in [2.24, 2.45) is 0 Å². The average Bonchev–Trinajstić information content (AvgIpc) is 2.59. The minimum absolute atomic E-state index is 0.0421. The van der Waals surface area contributed by atoms with E-state index in [2.05, 4.69) is 56.9 Å². The first kappa shape index (κ1) is 19.3. The molecule has 2 rings (SSSR count). The Labute approximate surface area is 155 Å². The van der Waals surface area contributed by atoms with Crippen LogP contribution in [0, 0.1) is 0 Å². The standard InChI is InChI=1S/C22H27NOS/c1-6-15-25-20-10-8-7-9-19(20)21(24)23-16(2)17-11-13-18(14-12-17)22(3,4)5/h6-14,16H,1,15H2,2-5H3,(H,23,24). The summed E-state index contributed by atoms with van der Waals surface area (Å²) in [7, 11) is 0. The van der Waals surface area contributed by atoms with Crippen molar-refractivity contribution in [2.75, 3.05) is 5.75 Å². The van der Waals surface area contributed by atoms with Gasteiger partial charge in [-0.1, -0.05) is 63.2 Å². The fourth-order valence-corrected chi connectivity index (χ4v) is 3.35. The third-order valence-corrected chi connectivity index (χ3v) is 5.18. The van der Waals surface area contributed by atoms with E-state index in [1.165, 1.54) is 5.56 Å². The molecule has 1 unspecified atom stereocenters. The Kier molecular flexibility index (Phi) is 6.49. The average molecular weight is 354 g/mol. The van der Waals surface area contributed by atoms with Gasteiger partial charge >= 0.3 is 0 Å². The van der Waals surface area contributed by atoms with Crippen molar-refractivity contribution >= 4 is 17.7 Å². The summed E-state index contributed by atoms with van der Waals surface area (Å²) < 4.78 is 0. The predicted molar refractivity (Wildman–Crippen MR) is 108 cm³/mol. The molecule has 0 fully saturated rings. The van der Waals surface area contributed by atoms with E-state index in [-0.39, 0.29) is 17.4 Å². The number of rotatable bonds is 6. The van der Waals surface area contributed by atoms with Crippen molar-refractivity contribution in [3.63, 3.8) is 0 Å². The van der Waals surface area contributed by atoms with Gasteiger partial charge in [0.05, 0.1) is 11.6 Å². The van der Waals surface area contributed by atoms with Gasteiger partial charge in [0, 0.05) is 10.6 Å². The molecule has 25 heavy (non-hydrogen) atoms. The van der Waals surface area contributed by atoms with Gasteiger partial charge in [-0.25, -0.2) is 0 Å². The molecular formula is C22H27NOS. The molecule has 0 saturated heterocycles. The zero-order chi connectivity index (χ0) is 18.4. The molecule has 2 aromatic rings. The molecule has 2 aromatic carbocycles. The van der Waals surface area contributed by atoms with Gasteiger partial charge < -0.3 is 5.32 Å². The molecule has 0 aromatic heterocycles. The summed E-state index contributed by atoms with van der Waals surface area (Å²) in [5.74, 6) is 0.744. The van der Waals surface area contributed by atoms with E-state index in [1.54, 1.807) is 11.8 Å². The molecule has 0 heterocycles. The molecule has 0 radical (unpaired) electrons. The number of carbonyl (C=O) groups is 1. The van der Waals surface area contributed by atoms with Gasteiger partial charge in [0.1, 0.15) is 0 Å². The monoisotopic (exact) mass is 353 g/mol. The Balaban J connectivity index is 2.11. The van der Waals surface area contributed by atoms with Crippen LogP contribution in [0.5, 0.6) is 0 Å². The van der Waals surface area contributed by atoms with Gasteiger partial charge in [0.15, 0.2) is 0 Å². The Morgan fingerprint density at radius 2 is 1.80 bits per heavy atom. The number of nitrogens with one attached hydrogen (secondary N) is 1. The third-order valence-electron chi connectivity index (χ3n) is 4.11. The fraction of sp³-hybridized carbons (Fsp3) is 0.318. The van der Waals surface area contributed by atoms with E-state index in [0.717, 1.165) is 16.2 Å². The molecule has 1 atom stereocenters. The third kappa shape index (κ3) is 5.23. The molecule has 3 heteroatoms. The number of hydrogen-bond donors (Lipinski definition) is 1. The van der Waals surface area contributed by atoms with Gasteiger partial charge in [-0.05, 0) is 35.6 Å².